The summed E-state index contributed by atoms with van der Waals surface area (Å²) in [6.07, 6.45) is 1.48. The van der Waals surface area contributed by atoms with Crippen LogP contribution in [0.2, 0.25) is 5.02 Å². The van der Waals surface area contributed by atoms with Crippen molar-refractivity contribution in [1.29, 1.82) is 5.26 Å². The zero-order chi connectivity index (χ0) is 22.9. The van der Waals surface area contributed by atoms with Crippen LogP contribution in [0, 0.1) is 18.3 Å². The molecule has 0 bridgehead atoms. The monoisotopic (exact) mass is 452 g/mol. The quantitative estimate of drug-likeness (QED) is 0.427. The number of benzene rings is 2. The Balaban J connectivity index is 1.64. The van der Waals surface area contributed by atoms with Gasteiger partial charge in [0.1, 0.15) is 12.4 Å². The maximum atomic E-state index is 12.8. The molecule has 1 aromatic heterocycles. The summed E-state index contributed by atoms with van der Waals surface area (Å²) in [5, 5.41) is 9.50. The molecule has 164 valence electrons. The van der Waals surface area contributed by atoms with E-state index in [0.29, 0.717) is 22.0 Å². The second-order valence-corrected chi connectivity index (χ2v) is 7.25. The fourth-order valence-electron chi connectivity index (χ4n) is 2.93. The number of para-hydroxylation sites is 1. The van der Waals surface area contributed by atoms with Gasteiger partial charge >= 0.3 is 5.97 Å². The maximum absolute atomic E-state index is 12.8. The third-order valence-electron chi connectivity index (χ3n) is 4.60. The second-order valence-electron chi connectivity index (χ2n) is 6.84. The van der Waals surface area contributed by atoms with Crippen LogP contribution in [-0.2, 0) is 16.1 Å². The van der Waals surface area contributed by atoms with Crippen LogP contribution in [0.4, 0.5) is 5.69 Å². The van der Waals surface area contributed by atoms with Gasteiger partial charge in [-0.25, -0.2) is 4.79 Å². The topological polar surface area (TPSA) is 92.8 Å². The average molecular weight is 453 g/mol. The number of rotatable bonds is 9. The molecule has 0 atom stereocenters. The number of amides is 1. The van der Waals surface area contributed by atoms with E-state index in [9.17, 15) is 9.59 Å². The molecule has 3 rings (SSSR count). The van der Waals surface area contributed by atoms with Gasteiger partial charge in [-0.15, -0.1) is 0 Å². The molecule has 2 aromatic carbocycles. The molecule has 7 nitrogen and oxygen atoms in total. The first-order chi connectivity index (χ1) is 15.5. The van der Waals surface area contributed by atoms with Crippen LogP contribution in [0.1, 0.15) is 28.1 Å². The first-order valence-electron chi connectivity index (χ1n) is 9.84. The predicted octanol–water partition coefficient (Wildman–Crippen LogP) is 4.92. The van der Waals surface area contributed by atoms with Crippen molar-refractivity contribution in [2.24, 2.45) is 0 Å². The number of halogens is 1. The normalized spacial score (nSPS) is 10.3. The Kier molecular flexibility index (Phi) is 7.90. The standard InChI is InChI=1S/C24H21ClN2O5/c1-17-14-19(8-9-21(17)25)27(12-5-11-26)22(28)16-32-24(29)23-18(10-13-30-23)15-31-20-6-3-2-4-7-20/h2-4,6-10,13-14H,5,12,15-16H2,1H3. The van der Waals surface area contributed by atoms with Crippen LogP contribution in [0.3, 0.4) is 0 Å². The molecule has 0 fully saturated rings. The molecule has 0 aliphatic rings. The van der Waals surface area contributed by atoms with Gasteiger partial charge in [0.25, 0.3) is 5.91 Å². The van der Waals surface area contributed by atoms with E-state index in [1.807, 2.05) is 31.2 Å². The summed E-state index contributed by atoms with van der Waals surface area (Å²) < 4.78 is 16.1. The highest BCUT2D eigenvalue weighted by Crippen LogP contribution is 2.23. The van der Waals surface area contributed by atoms with E-state index in [2.05, 4.69) is 0 Å². The maximum Gasteiger partial charge on any atom is 0.375 e. The van der Waals surface area contributed by atoms with Gasteiger partial charge in [-0.05, 0) is 48.9 Å². The van der Waals surface area contributed by atoms with Gasteiger partial charge in [-0.3, -0.25) is 4.79 Å². The SMILES string of the molecule is Cc1cc(N(CCC#N)C(=O)COC(=O)c2occc2COc2ccccc2)ccc1Cl. The Bertz CT molecular complexity index is 1120. The molecule has 3 aromatic rings. The molecular weight excluding hydrogens is 432 g/mol. The number of ether oxygens (including phenoxy) is 2. The fraction of sp³-hybridized carbons (Fsp3) is 0.208. The first kappa shape index (κ1) is 22.9. The molecule has 8 heteroatoms. The second kappa shape index (κ2) is 11.0. The van der Waals surface area contributed by atoms with Gasteiger partial charge in [-0.1, -0.05) is 29.8 Å². The summed E-state index contributed by atoms with van der Waals surface area (Å²) in [6, 6.07) is 17.9. The number of hydrogen-bond donors (Lipinski definition) is 0. The third kappa shape index (κ3) is 5.90. The van der Waals surface area contributed by atoms with Gasteiger partial charge < -0.3 is 18.8 Å². The molecule has 32 heavy (non-hydrogen) atoms. The van der Waals surface area contributed by atoms with Gasteiger partial charge in [0.15, 0.2) is 6.61 Å². The number of esters is 1. The minimum absolute atomic E-state index is 0.0281. The predicted molar refractivity (Wildman–Crippen MR) is 119 cm³/mol. The smallest absolute Gasteiger partial charge is 0.375 e. The first-order valence-corrected chi connectivity index (χ1v) is 10.2. The van der Waals surface area contributed by atoms with E-state index in [4.69, 9.17) is 30.8 Å². The van der Waals surface area contributed by atoms with Crippen molar-refractivity contribution in [2.75, 3.05) is 18.1 Å². The largest absolute Gasteiger partial charge is 0.489 e. The van der Waals surface area contributed by atoms with Crippen molar-refractivity contribution in [3.8, 4) is 11.8 Å². The number of hydrogen-bond acceptors (Lipinski definition) is 6. The van der Waals surface area contributed by atoms with Crippen molar-refractivity contribution in [2.45, 2.75) is 20.0 Å². The van der Waals surface area contributed by atoms with Crippen LogP contribution < -0.4 is 9.64 Å². The summed E-state index contributed by atoms with van der Waals surface area (Å²) in [5.74, 6) is -0.624. The number of carbonyl (C=O) groups excluding carboxylic acids is 2. The molecule has 0 N–H and O–H groups in total. The zero-order valence-corrected chi connectivity index (χ0v) is 18.2. The summed E-state index contributed by atoms with van der Waals surface area (Å²) in [7, 11) is 0. The molecule has 1 amide bonds. The van der Waals surface area contributed by atoms with E-state index < -0.39 is 18.5 Å². The molecule has 1 heterocycles. The molecule has 0 spiro atoms. The zero-order valence-electron chi connectivity index (χ0n) is 17.4. The number of furan rings is 1. The van der Waals surface area contributed by atoms with Gasteiger partial charge in [0.2, 0.25) is 5.76 Å². The summed E-state index contributed by atoms with van der Waals surface area (Å²) in [5.41, 5.74) is 1.86. The minimum Gasteiger partial charge on any atom is -0.489 e. The molecule has 0 aliphatic carbocycles. The van der Waals surface area contributed by atoms with Crippen LogP contribution in [-0.4, -0.2) is 25.0 Å². The van der Waals surface area contributed by atoms with Crippen molar-refractivity contribution in [3.05, 3.63) is 82.8 Å². The van der Waals surface area contributed by atoms with Crippen molar-refractivity contribution in [3.63, 3.8) is 0 Å². The number of carbonyl (C=O) groups is 2. The number of nitrogens with zero attached hydrogens (tertiary/aromatic N) is 2. The van der Waals surface area contributed by atoms with Crippen molar-refractivity contribution < 1.29 is 23.5 Å². The Morgan fingerprint density at radius 1 is 1.16 bits per heavy atom. The van der Waals surface area contributed by atoms with Crippen molar-refractivity contribution >= 4 is 29.2 Å². The highest BCUT2D eigenvalue weighted by molar-refractivity contribution is 6.31. The lowest BCUT2D eigenvalue weighted by Gasteiger charge is -2.22. The molecule has 0 aliphatic heterocycles. The Morgan fingerprint density at radius 3 is 2.66 bits per heavy atom. The highest BCUT2D eigenvalue weighted by Gasteiger charge is 2.22. The summed E-state index contributed by atoms with van der Waals surface area (Å²) in [4.78, 5) is 26.7. The van der Waals surface area contributed by atoms with E-state index >= 15 is 0 Å². The Labute approximate surface area is 190 Å². The molecular formula is C24H21ClN2O5. The van der Waals surface area contributed by atoms with Crippen molar-refractivity contribution in [1.82, 2.24) is 0 Å². The van der Waals surface area contributed by atoms with Crippen LogP contribution >= 0.6 is 11.6 Å². The lowest BCUT2D eigenvalue weighted by Crippen LogP contribution is -2.35. The average Bonchev–Trinajstić information content (AvgIpc) is 3.28. The fourth-order valence-corrected chi connectivity index (χ4v) is 3.05. The molecule has 0 radical (unpaired) electrons. The van der Waals surface area contributed by atoms with Gasteiger partial charge in [0, 0.05) is 22.8 Å². The van der Waals surface area contributed by atoms with Crippen LogP contribution in [0.15, 0.2) is 65.3 Å². The number of anilines is 1. The third-order valence-corrected chi connectivity index (χ3v) is 5.02. The van der Waals surface area contributed by atoms with Gasteiger partial charge in [-0.2, -0.15) is 5.26 Å². The van der Waals surface area contributed by atoms with Crippen LogP contribution in [0.25, 0.3) is 0 Å². The van der Waals surface area contributed by atoms with Gasteiger partial charge in [0.05, 0.1) is 18.8 Å². The minimum atomic E-state index is -0.775. The van der Waals surface area contributed by atoms with E-state index in [1.165, 1.54) is 11.2 Å². The molecule has 0 saturated carbocycles. The lowest BCUT2D eigenvalue weighted by atomic mass is 10.2. The number of aryl methyl sites for hydroxylation is 1. The summed E-state index contributed by atoms with van der Waals surface area (Å²) in [6.45, 7) is 1.57. The van der Waals surface area contributed by atoms with Crippen LogP contribution in [0.5, 0.6) is 5.75 Å². The summed E-state index contributed by atoms with van der Waals surface area (Å²) >= 11 is 6.06. The van der Waals surface area contributed by atoms with E-state index in [1.54, 1.807) is 36.4 Å². The lowest BCUT2D eigenvalue weighted by molar-refractivity contribution is -0.121. The Morgan fingerprint density at radius 2 is 1.94 bits per heavy atom. The number of nitriles is 1. The molecule has 0 saturated heterocycles. The van der Waals surface area contributed by atoms with E-state index in [0.717, 1.165) is 5.56 Å². The molecule has 0 unspecified atom stereocenters. The Hall–Kier alpha value is -3.76. The van der Waals surface area contributed by atoms with E-state index in [-0.39, 0.29) is 25.3 Å². The highest BCUT2D eigenvalue weighted by atomic mass is 35.5.